The van der Waals surface area contributed by atoms with E-state index in [0.29, 0.717) is 0 Å². The molecular weight excluding hydrogens is 154 g/mol. The van der Waals surface area contributed by atoms with Crippen LogP contribution in [0.1, 0.15) is 18.2 Å². The van der Waals surface area contributed by atoms with Crippen LogP contribution in [0.5, 0.6) is 0 Å². The molecule has 4 nitrogen and oxygen atoms in total. The molecule has 1 heterocycles. The van der Waals surface area contributed by atoms with Crippen LogP contribution in [0.15, 0.2) is 0 Å². The van der Waals surface area contributed by atoms with Gasteiger partial charge >= 0.3 is 0 Å². The molecule has 12 heavy (non-hydrogen) atoms. The van der Waals surface area contributed by atoms with Gasteiger partial charge in [0.1, 0.15) is 5.82 Å². The molecule has 0 unspecified atom stereocenters. The average molecular weight is 169 g/mol. The third-order valence-corrected chi connectivity index (χ3v) is 1.85. The van der Waals surface area contributed by atoms with E-state index in [2.05, 4.69) is 10.4 Å². The predicted molar refractivity (Wildman–Crippen MR) is 48.0 cm³/mol. The first-order valence-corrected chi connectivity index (χ1v) is 4.07. The normalized spacial score (nSPS) is 10.3. The number of nitrogens with one attached hydrogen (secondary N) is 1. The maximum Gasteiger partial charge on any atom is 0.129 e. The molecule has 0 bridgehead atoms. The summed E-state index contributed by atoms with van der Waals surface area (Å²) in [5.74, 6) is 0.914. The van der Waals surface area contributed by atoms with E-state index in [4.69, 9.17) is 5.11 Å². The molecule has 0 aliphatic carbocycles. The summed E-state index contributed by atoms with van der Waals surface area (Å²) in [6.45, 7) is 4.80. The first-order chi connectivity index (χ1) is 5.70. The second-order valence-electron chi connectivity index (χ2n) is 2.72. The highest BCUT2D eigenvalue weighted by Crippen LogP contribution is 2.17. The van der Waals surface area contributed by atoms with Crippen LogP contribution < -0.4 is 5.32 Å². The Hall–Kier alpha value is -1.03. The van der Waals surface area contributed by atoms with Gasteiger partial charge in [-0.2, -0.15) is 5.10 Å². The smallest absolute Gasteiger partial charge is 0.129 e. The standard InChI is InChI=1S/C8H15N3O/c1-4-9-8-7(5-12)6(2)10-11(8)3/h9,12H,4-5H2,1-3H3. The molecule has 1 aromatic heterocycles. The van der Waals surface area contributed by atoms with E-state index < -0.39 is 0 Å². The van der Waals surface area contributed by atoms with Crippen LogP contribution >= 0.6 is 0 Å². The maximum absolute atomic E-state index is 9.05. The van der Waals surface area contributed by atoms with Crippen molar-refractivity contribution >= 4 is 5.82 Å². The SMILES string of the molecule is CCNc1c(CO)c(C)nn1C. The maximum atomic E-state index is 9.05. The second kappa shape index (κ2) is 3.58. The predicted octanol–water partition coefficient (Wildman–Crippen LogP) is 0.653. The van der Waals surface area contributed by atoms with Crippen LogP contribution in [0, 0.1) is 6.92 Å². The number of nitrogens with zero attached hydrogens (tertiary/aromatic N) is 2. The zero-order chi connectivity index (χ0) is 9.14. The summed E-state index contributed by atoms with van der Waals surface area (Å²) < 4.78 is 1.75. The molecular formula is C8H15N3O. The number of aromatic nitrogens is 2. The zero-order valence-electron chi connectivity index (χ0n) is 7.76. The van der Waals surface area contributed by atoms with Crippen molar-refractivity contribution in [1.29, 1.82) is 0 Å². The van der Waals surface area contributed by atoms with Crippen LogP contribution in [0.4, 0.5) is 5.82 Å². The first-order valence-electron chi connectivity index (χ1n) is 4.07. The molecule has 68 valence electrons. The molecule has 0 aliphatic heterocycles. The van der Waals surface area contributed by atoms with Crippen LogP contribution in [0.2, 0.25) is 0 Å². The lowest BCUT2D eigenvalue weighted by Gasteiger charge is -2.04. The van der Waals surface area contributed by atoms with E-state index in [0.717, 1.165) is 23.6 Å². The Morgan fingerprint density at radius 1 is 1.58 bits per heavy atom. The van der Waals surface area contributed by atoms with E-state index in [1.807, 2.05) is 20.9 Å². The van der Waals surface area contributed by atoms with Crippen molar-refractivity contribution in [2.75, 3.05) is 11.9 Å². The van der Waals surface area contributed by atoms with Crippen LogP contribution in [-0.4, -0.2) is 21.4 Å². The van der Waals surface area contributed by atoms with Crippen LogP contribution in [0.3, 0.4) is 0 Å². The molecule has 0 saturated heterocycles. The van der Waals surface area contributed by atoms with Crippen molar-refractivity contribution in [3.8, 4) is 0 Å². The topological polar surface area (TPSA) is 50.1 Å². The summed E-state index contributed by atoms with van der Waals surface area (Å²) in [6, 6.07) is 0. The van der Waals surface area contributed by atoms with Crippen molar-refractivity contribution in [2.24, 2.45) is 7.05 Å². The number of aliphatic hydroxyl groups excluding tert-OH is 1. The van der Waals surface area contributed by atoms with E-state index in [-0.39, 0.29) is 6.61 Å². The molecule has 0 radical (unpaired) electrons. The number of rotatable bonds is 3. The quantitative estimate of drug-likeness (QED) is 0.698. The first kappa shape index (κ1) is 9.06. The monoisotopic (exact) mass is 169 g/mol. The molecule has 0 saturated carbocycles. The number of hydrogen-bond donors (Lipinski definition) is 2. The molecule has 0 amide bonds. The molecule has 2 N–H and O–H groups in total. The third-order valence-electron chi connectivity index (χ3n) is 1.85. The average Bonchev–Trinajstić information content (AvgIpc) is 2.28. The summed E-state index contributed by atoms with van der Waals surface area (Å²) >= 11 is 0. The van der Waals surface area contributed by atoms with E-state index in [1.165, 1.54) is 0 Å². The van der Waals surface area contributed by atoms with Crippen molar-refractivity contribution in [3.05, 3.63) is 11.3 Å². The van der Waals surface area contributed by atoms with Crippen LogP contribution in [0.25, 0.3) is 0 Å². The van der Waals surface area contributed by atoms with E-state index in [1.54, 1.807) is 4.68 Å². The number of anilines is 1. The molecule has 0 aliphatic rings. The molecule has 1 rings (SSSR count). The Morgan fingerprint density at radius 3 is 2.75 bits per heavy atom. The van der Waals surface area contributed by atoms with Gasteiger partial charge < -0.3 is 10.4 Å². The van der Waals surface area contributed by atoms with Gasteiger partial charge in [-0.25, -0.2) is 0 Å². The van der Waals surface area contributed by atoms with Crippen LogP contribution in [-0.2, 0) is 13.7 Å². The lowest BCUT2D eigenvalue weighted by Crippen LogP contribution is -2.05. The molecule has 4 heteroatoms. The highest BCUT2D eigenvalue weighted by molar-refractivity contribution is 5.46. The van der Waals surface area contributed by atoms with Crippen molar-refractivity contribution in [3.63, 3.8) is 0 Å². The van der Waals surface area contributed by atoms with E-state index in [9.17, 15) is 0 Å². The Balaban J connectivity index is 3.04. The lowest BCUT2D eigenvalue weighted by atomic mass is 10.2. The molecule has 0 fully saturated rings. The van der Waals surface area contributed by atoms with Gasteiger partial charge in [0.2, 0.25) is 0 Å². The summed E-state index contributed by atoms with van der Waals surface area (Å²) in [5, 5.41) is 16.4. The highest BCUT2D eigenvalue weighted by atomic mass is 16.3. The molecule has 0 spiro atoms. The van der Waals surface area contributed by atoms with Gasteiger partial charge in [0.25, 0.3) is 0 Å². The Bertz CT molecular complexity index is 268. The Morgan fingerprint density at radius 2 is 2.25 bits per heavy atom. The minimum Gasteiger partial charge on any atom is -0.391 e. The fourth-order valence-corrected chi connectivity index (χ4v) is 1.28. The van der Waals surface area contributed by atoms with Gasteiger partial charge in [0, 0.05) is 19.2 Å². The third kappa shape index (κ3) is 1.43. The highest BCUT2D eigenvalue weighted by Gasteiger charge is 2.10. The fraction of sp³-hybridized carbons (Fsp3) is 0.625. The molecule has 0 atom stereocenters. The fourth-order valence-electron chi connectivity index (χ4n) is 1.28. The van der Waals surface area contributed by atoms with Gasteiger partial charge in [0.15, 0.2) is 0 Å². The second-order valence-corrected chi connectivity index (χ2v) is 2.72. The van der Waals surface area contributed by atoms with Gasteiger partial charge in [-0.05, 0) is 13.8 Å². The van der Waals surface area contributed by atoms with Crippen molar-refractivity contribution in [2.45, 2.75) is 20.5 Å². The van der Waals surface area contributed by atoms with Crippen molar-refractivity contribution in [1.82, 2.24) is 9.78 Å². The van der Waals surface area contributed by atoms with Gasteiger partial charge in [-0.15, -0.1) is 0 Å². The molecule has 0 aromatic carbocycles. The Labute approximate surface area is 72.2 Å². The summed E-state index contributed by atoms with van der Waals surface area (Å²) in [5.41, 5.74) is 1.77. The lowest BCUT2D eigenvalue weighted by molar-refractivity contribution is 0.281. The summed E-state index contributed by atoms with van der Waals surface area (Å²) in [4.78, 5) is 0. The van der Waals surface area contributed by atoms with Gasteiger partial charge in [-0.3, -0.25) is 4.68 Å². The minimum atomic E-state index is 0.0437. The zero-order valence-corrected chi connectivity index (χ0v) is 7.76. The van der Waals surface area contributed by atoms with Gasteiger partial charge in [-0.1, -0.05) is 0 Å². The largest absolute Gasteiger partial charge is 0.391 e. The number of hydrogen-bond acceptors (Lipinski definition) is 3. The molecule has 1 aromatic rings. The summed E-state index contributed by atoms with van der Waals surface area (Å²) in [6.07, 6.45) is 0. The van der Waals surface area contributed by atoms with Crippen molar-refractivity contribution < 1.29 is 5.11 Å². The Kier molecular flexibility index (Phi) is 2.70. The summed E-state index contributed by atoms with van der Waals surface area (Å²) in [7, 11) is 1.87. The van der Waals surface area contributed by atoms with E-state index >= 15 is 0 Å². The number of aryl methyl sites for hydroxylation is 2. The van der Waals surface area contributed by atoms with Gasteiger partial charge in [0.05, 0.1) is 12.3 Å². The minimum absolute atomic E-state index is 0.0437. The number of aliphatic hydroxyl groups is 1.